The van der Waals surface area contributed by atoms with Crippen LogP contribution in [0.1, 0.15) is 13.3 Å². The van der Waals surface area contributed by atoms with Gasteiger partial charge in [-0.05, 0) is 41.8 Å². The van der Waals surface area contributed by atoms with Crippen LogP contribution >= 0.6 is 0 Å². The predicted octanol–water partition coefficient (Wildman–Crippen LogP) is 1.31. The third-order valence-corrected chi connectivity index (χ3v) is 6.20. The van der Waals surface area contributed by atoms with E-state index in [1.807, 2.05) is 12.1 Å². The minimum atomic E-state index is -4.26. The summed E-state index contributed by atoms with van der Waals surface area (Å²) in [6.07, 6.45) is -0.122. The van der Waals surface area contributed by atoms with E-state index >= 15 is 0 Å². The Kier molecular flexibility index (Phi) is 8.51. The summed E-state index contributed by atoms with van der Waals surface area (Å²) in [4.78, 5) is 28.1. The van der Waals surface area contributed by atoms with Gasteiger partial charge in [-0.25, -0.2) is 13.9 Å². The Morgan fingerprint density at radius 2 is 1.58 bits per heavy atom. The van der Waals surface area contributed by atoms with Crippen LogP contribution in [-0.2, 0) is 24.4 Å². The Morgan fingerprint density at radius 1 is 1.03 bits per heavy atom. The SMILES string of the molecule is COc1ccc(-c2ccc(S(=O)(=O)N(OC)[C@H](CCNC(C)=O)C(=O)NO)cc2)cc1. The molecule has 0 aliphatic rings. The number of sulfonamides is 1. The van der Waals surface area contributed by atoms with E-state index in [1.54, 1.807) is 31.4 Å². The van der Waals surface area contributed by atoms with Crippen LogP contribution < -0.4 is 15.5 Å². The van der Waals surface area contributed by atoms with Crippen molar-refractivity contribution in [1.29, 1.82) is 0 Å². The minimum absolute atomic E-state index is 0.000786. The van der Waals surface area contributed by atoms with Crippen molar-refractivity contribution in [2.75, 3.05) is 20.8 Å². The summed E-state index contributed by atoms with van der Waals surface area (Å²) in [5.74, 6) is -0.638. The van der Waals surface area contributed by atoms with Gasteiger partial charge in [0.1, 0.15) is 11.8 Å². The maximum absolute atomic E-state index is 13.1. The van der Waals surface area contributed by atoms with E-state index in [2.05, 4.69) is 5.32 Å². The average Bonchev–Trinajstić information content (AvgIpc) is 2.77. The molecule has 0 aromatic heterocycles. The molecule has 3 N–H and O–H groups in total. The lowest BCUT2D eigenvalue weighted by atomic mass is 10.1. The molecular weight excluding hydrogens is 426 g/mol. The van der Waals surface area contributed by atoms with E-state index in [0.29, 0.717) is 10.2 Å². The summed E-state index contributed by atoms with van der Waals surface area (Å²) < 4.78 is 31.8. The average molecular weight is 452 g/mol. The number of rotatable bonds is 10. The maximum Gasteiger partial charge on any atom is 0.265 e. The quantitative estimate of drug-likeness (QED) is 0.366. The Hall–Kier alpha value is -2.99. The van der Waals surface area contributed by atoms with E-state index in [1.165, 1.54) is 24.5 Å². The predicted molar refractivity (Wildman–Crippen MR) is 111 cm³/mol. The molecular formula is C20H25N3O7S. The third-order valence-electron chi connectivity index (χ3n) is 4.45. The van der Waals surface area contributed by atoms with Crippen molar-refractivity contribution in [3.63, 3.8) is 0 Å². The molecule has 0 aliphatic heterocycles. The van der Waals surface area contributed by atoms with E-state index < -0.39 is 22.0 Å². The van der Waals surface area contributed by atoms with E-state index in [9.17, 15) is 18.0 Å². The van der Waals surface area contributed by atoms with Crippen molar-refractivity contribution >= 4 is 21.8 Å². The first-order valence-corrected chi connectivity index (χ1v) is 10.7. The monoisotopic (exact) mass is 451 g/mol. The second-order valence-corrected chi connectivity index (χ2v) is 8.24. The second-order valence-electron chi connectivity index (χ2n) is 6.46. The van der Waals surface area contributed by atoms with Crippen molar-refractivity contribution in [2.24, 2.45) is 0 Å². The molecule has 0 heterocycles. The van der Waals surface area contributed by atoms with Gasteiger partial charge in [0.25, 0.3) is 15.9 Å². The fraction of sp³-hybridized carbons (Fsp3) is 0.300. The largest absolute Gasteiger partial charge is 0.497 e. The highest BCUT2D eigenvalue weighted by molar-refractivity contribution is 7.89. The fourth-order valence-electron chi connectivity index (χ4n) is 2.89. The molecule has 11 heteroatoms. The van der Waals surface area contributed by atoms with Crippen LogP contribution in [0, 0.1) is 0 Å². The van der Waals surface area contributed by atoms with Crippen molar-refractivity contribution in [2.45, 2.75) is 24.3 Å². The van der Waals surface area contributed by atoms with Gasteiger partial charge in [0.05, 0.1) is 19.1 Å². The van der Waals surface area contributed by atoms with Gasteiger partial charge in [0.15, 0.2) is 0 Å². The number of nitrogens with one attached hydrogen (secondary N) is 2. The van der Waals surface area contributed by atoms with Gasteiger partial charge in [-0.1, -0.05) is 28.7 Å². The van der Waals surface area contributed by atoms with Crippen molar-refractivity contribution in [3.8, 4) is 16.9 Å². The highest BCUT2D eigenvalue weighted by atomic mass is 32.2. The van der Waals surface area contributed by atoms with Crippen molar-refractivity contribution in [1.82, 2.24) is 15.3 Å². The van der Waals surface area contributed by atoms with Gasteiger partial charge in [-0.2, -0.15) is 0 Å². The molecule has 0 saturated heterocycles. The van der Waals surface area contributed by atoms with Crippen LogP contribution in [0.3, 0.4) is 0 Å². The first-order chi connectivity index (χ1) is 14.7. The van der Waals surface area contributed by atoms with Gasteiger partial charge in [0.2, 0.25) is 5.91 Å². The maximum atomic E-state index is 13.1. The number of hydroxylamine groups is 2. The summed E-state index contributed by atoms with van der Waals surface area (Å²) in [5, 5.41) is 11.5. The van der Waals surface area contributed by atoms with Crippen LogP contribution in [-0.4, -0.2) is 56.7 Å². The molecule has 10 nitrogen and oxygen atoms in total. The molecule has 2 aromatic rings. The van der Waals surface area contributed by atoms with E-state index in [0.717, 1.165) is 18.2 Å². The van der Waals surface area contributed by atoms with Crippen LogP contribution in [0.5, 0.6) is 5.75 Å². The lowest BCUT2D eigenvalue weighted by molar-refractivity contribution is -0.148. The normalized spacial score (nSPS) is 12.3. The van der Waals surface area contributed by atoms with Gasteiger partial charge in [-0.3, -0.25) is 19.6 Å². The summed E-state index contributed by atoms with van der Waals surface area (Å²) in [7, 11) is -1.60. The van der Waals surface area contributed by atoms with E-state index in [-0.39, 0.29) is 23.8 Å². The lowest BCUT2D eigenvalue weighted by Crippen LogP contribution is -2.49. The van der Waals surface area contributed by atoms with Crippen LogP contribution in [0.15, 0.2) is 53.4 Å². The number of hydrogen-bond donors (Lipinski definition) is 3. The molecule has 0 radical (unpaired) electrons. The standard InChI is InChI=1S/C20H25N3O7S/c1-14(24)21-13-12-19(20(25)22-26)23(30-3)31(27,28)18-10-6-16(7-11-18)15-4-8-17(29-2)9-5-15/h4-11,19,26H,12-13H2,1-3H3,(H,21,24)(H,22,25)/t19-/m1/s1. The number of benzene rings is 2. The molecule has 31 heavy (non-hydrogen) atoms. The van der Waals surface area contributed by atoms with Crippen molar-refractivity contribution in [3.05, 3.63) is 48.5 Å². The molecule has 2 rings (SSSR count). The zero-order valence-electron chi connectivity index (χ0n) is 17.4. The van der Waals surface area contributed by atoms with Gasteiger partial charge in [-0.15, -0.1) is 0 Å². The molecule has 0 saturated carbocycles. The Balaban J connectivity index is 2.30. The fourth-order valence-corrected chi connectivity index (χ4v) is 4.31. The summed E-state index contributed by atoms with van der Waals surface area (Å²) in [6.45, 7) is 1.29. The van der Waals surface area contributed by atoms with Crippen molar-refractivity contribution < 1.29 is 32.8 Å². The Morgan fingerprint density at radius 3 is 2.03 bits per heavy atom. The molecule has 0 aliphatic carbocycles. The Bertz CT molecular complexity index is 992. The number of ether oxygens (including phenoxy) is 1. The molecule has 0 fully saturated rings. The van der Waals surface area contributed by atoms with Crippen LogP contribution in [0.4, 0.5) is 0 Å². The molecule has 1 atom stereocenters. The van der Waals surface area contributed by atoms with Crippen LogP contribution in [0.2, 0.25) is 0 Å². The summed E-state index contributed by atoms with van der Waals surface area (Å²) >= 11 is 0. The Labute approximate surface area is 180 Å². The van der Waals surface area contributed by atoms with Gasteiger partial charge >= 0.3 is 0 Å². The number of carbonyl (C=O) groups is 2. The zero-order valence-corrected chi connectivity index (χ0v) is 18.2. The molecule has 2 aromatic carbocycles. The van der Waals surface area contributed by atoms with Gasteiger partial charge < -0.3 is 10.1 Å². The topological polar surface area (TPSA) is 134 Å². The molecule has 0 bridgehead atoms. The molecule has 0 unspecified atom stereocenters. The zero-order chi connectivity index (χ0) is 23.0. The number of amides is 2. The lowest BCUT2D eigenvalue weighted by Gasteiger charge is -2.27. The van der Waals surface area contributed by atoms with Crippen LogP contribution in [0.25, 0.3) is 11.1 Å². The molecule has 0 spiro atoms. The second kappa shape index (κ2) is 10.9. The highest BCUT2D eigenvalue weighted by Gasteiger charge is 2.36. The number of hydrogen-bond acceptors (Lipinski definition) is 7. The highest BCUT2D eigenvalue weighted by Crippen LogP contribution is 2.26. The third kappa shape index (κ3) is 6.01. The first-order valence-electron chi connectivity index (χ1n) is 9.26. The number of methoxy groups -OCH3 is 1. The molecule has 2 amide bonds. The molecule has 168 valence electrons. The first kappa shape index (κ1) is 24.3. The van der Waals surface area contributed by atoms with Gasteiger partial charge in [0, 0.05) is 13.5 Å². The van der Waals surface area contributed by atoms with E-state index in [4.69, 9.17) is 14.8 Å². The summed E-state index contributed by atoms with van der Waals surface area (Å²) in [6, 6.07) is 11.9. The minimum Gasteiger partial charge on any atom is -0.497 e. The smallest absolute Gasteiger partial charge is 0.265 e. The number of nitrogens with zero attached hydrogens (tertiary/aromatic N) is 1. The summed E-state index contributed by atoms with van der Waals surface area (Å²) in [5.41, 5.74) is 3.07. The number of carbonyl (C=O) groups excluding carboxylic acids is 2.